The molecule has 0 aliphatic carbocycles. The van der Waals surface area contributed by atoms with E-state index in [0.29, 0.717) is 29.9 Å². The zero-order valence-electron chi connectivity index (χ0n) is 15.8. The summed E-state index contributed by atoms with van der Waals surface area (Å²) in [6.45, 7) is 0.657. The first-order chi connectivity index (χ1) is 14.2. The maximum atomic E-state index is 13.0. The van der Waals surface area contributed by atoms with Gasteiger partial charge in [-0.1, -0.05) is 18.2 Å². The zero-order chi connectivity index (χ0) is 21.4. The van der Waals surface area contributed by atoms with Gasteiger partial charge in [0.1, 0.15) is 4.90 Å². The molecular formula is C20H19F3N4O2S. The summed E-state index contributed by atoms with van der Waals surface area (Å²) in [5.41, 5.74) is 0.720. The predicted octanol–water partition coefficient (Wildman–Crippen LogP) is 4.06. The molecule has 1 aromatic carbocycles. The summed E-state index contributed by atoms with van der Waals surface area (Å²) < 4.78 is 66.1. The number of H-pyrrole nitrogens is 1. The number of piperidine rings is 1. The Balaban J connectivity index is 1.60. The van der Waals surface area contributed by atoms with E-state index in [1.165, 1.54) is 22.8 Å². The van der Waals surface area contributed by atoms with Crippen LogP contribution in [0, 0.1) is 0 Å². The summed E-state index contributed by atoms with van der Waals surface area (Å²) in [4.78, 5) is 4.67. The number of benzene rings is 1. The van der Waals surface area contributed by atoms with Crippen LogP contribution < -0.4 is 0 Å². The topological polar surface area (TPSA) is 79.0 Å². The quantitative estimate of drug-likeness (QED) is 0.669. The number of rotatable bonds is 4. The number of alkyl halides is 3. The molecule has 1 aliphatic heterocycles. The Kier molecular flexibility index (Phi) is 5.37. The van der Waals surface area contributed by atoms with Gasteiger partial charge in [0.25, 0.3) is 0 Å². The first-order valence-electron chi connectivity index (χ1n) is 9.39. The largest absolute Gasteiger partial charge is 0.416 e. The molecule has 4 rings (SSSR count). The van der Waals surface area contributed by atoms with Gasteiger partial charge in [-0.2, -0.15) is 22.6 Å². The van der Waals surface area contributed by atoms with E-state index in [9.17, 15) is 21.6 Å². The molecule has 0 amide bonds. The number of nitrogens with zero attached hydrogens (tertiary/aromatic N) is 3. The van der Waals surface area contributed by atoms with E-state index < -0.39 is 21.8 Å². The van der Waals surface area contributed by atoms with E-state index in [0.717, 1.165) is 18.6 Å². The third-order valence-electron chi connectivity index (χ3n) is 5.17. The van der Waals surface area contributed by atoms with Gasteiger partial charge < -0.3 is 0 Å². The van der Waals surface area contributed by atoms with Crippen molar-refractivity contribution in [3.05, 3.63) is 66.1 Å². The molecule has 0 bridgehead atoms. The Morgan fingerprint density at radius 3 is 2.67 bits per heavy atom. The number of sulfonamides is 1. The minimum atomic E-state index is -4.43. The SMILES string of the molecule is O=S(=O)(c1cn[nH]c1)N1CCCC(c2cccc(-c3cccc(C(F)(F)F)c3)n2)C1. The second-order valence-electron chi connectivity index (χ2n) is 7.16. The molecule has 1 atom stereocenters. The van der Waals surface area contributed by atoms with Crippen molar-refractivity contribution in [1.29, 1.82) is 0 Å². The molecule has 1 fully saturated rings. The number of aromatic nitrogens is 3. The van der Waals surface area contributed by atoms with Crippen LogP contribution in [-0.4, -0.2) is 41.0 Å². The number of nitrogens with one attached hydrogen (secondary N) is 1. The standard InChI is InChI=1S/C20H19F3N4O2S/c21-20(22,23)16-6-1-4-14(10-16)18-7-2-8-19(26-18)15-5-3-9-27(13-15)30(28,29)17-11-24-25-12-17/h1-2,4,6-8,10-12,15H,3,5,9,13H2,(H,24,25). The Labute approximate surface area is 171 Å². The van der Waals surface area contributed by atoms with Crippen LogP contribution in [0.3, 0.4) is 0 Å². The van der Waals surface area contributed by atoms with E-state index in [1.54, 1.807) is 24.3 Å². The van der Waals surface area contributed by atoms with Crippen LogP contribution in [-0.2, 0) is 16.2 Å². The summed E-state index contributed by atoms with van der Waals surface area (Å²) in [5, 5.41) is 6.22. The molecule has 0 saturated carbocycles. The van der Waals surface area contributed by atoms with Gasteiger partial charge in [-0.25, -0.2) is 8.42 Å². The fourth-order valence-corrected chi connectivity index (χ4v) is 5.06. The predicted molar refractivity (Wildman–Crippen MR) is 104 cm³/mol. The molecule has 1 N–H and O–H groups in total. The van der Waals surface area contributed by atoms with Crippen molar-refractivity contribution >= 4 is 10.0 Å². The van der Waals surface area contributed by atoms with Crippen LogP contribution in [0.2, 0.25) is 0 Å². The van der Waals surface area contributed by atoms with Gasteiger partial charge in [-0.05, 0) is 37.1 Å². The van der Waals surface area contributed by atoms with Crippen LogP contribution in [0.25, 0.3) is 11.3 Å². The first-order valence-corrected chi connectivity index (χ1v) is 10.8. The van der Waals surface area contributed by atoms with Crippen LogP contribution >= 0.6 is 0 Å². The molecule has 1 unspecified atom stereocenters. The third kappa shape index (κ3) is 4.10. The van der Waals surface area contributed by atoms with Gasteiger partial charge in [0, 0.05) is 36.5 Å². The highest BCUT2D eigenvalue weighted by Gasteiger charge is 2.33. The van der Waals surface area contributed by atoms with Crippen molar-refractivity contribution in [2.75, 3.05) is 13.1 Å². The normalized spacial score (nSPS) is 18.4. The molecule has 2 aromatic heterocycles. The Bertz CT molecular complexity index is 1130. The summed E-state index contributed by atoms with van der Waals surface area (Å²) in [7, 11) is -3.66. The molecule has 1 aliphatic rings. The molecular weight excluding hydrogens is 417 g/mol. The van der Waals surface area contributed by atoms with Crippen LogP contribution in [0.4, 0.5) is 13.2 Å². The zero-order valence-corrected chi connectivity index (χ0v) is 16.6. The van der Waals surface area contributed by atoms with Gasteiger partial charge in [-0.15, -0.1) is 0 Å². The molecule has 3 aromatic rings. The summed E-state index contributed by atoms with van der Waals surface area (Å²) in [6, 6.07) is 10.2. The monoisotopic (exact) mass is 436 g/mol. The second kappa shape index (κ2) is 7.84. The van der Waals surface area contributed by atoms with E-state index >= 15 is 0 Å². The minimum Gasteiger partial charge on any atom is -0.284 e. The molecule has 10 heteroatoms. The minimum absolute atomic E-state index is 0.105. The fourth-order valence-electron chi connectivity index (χ4n) is 3.63. The van der Waals surface area contributed by atoms with E-state index in [2.05, 4.69) is 15.2 Å². The molecule has 3 heterocycles. The first kappa shape index (κ1) is 20.5. The Morgan fingerprint density at radius 2 is 1.93 bits per heavy atom. The Morgan fingerprint density at radius 1 is 1.13 bits per heavy atom. The van der Waals surface area contributed by atoms with Crippen molar-refractivity contribution < 1.29 is 21.6 Å². The maximum absolute atomic E-state index is 13.0. The lowest BCUT2D eigenvalue weighted by Crippen LogP contribution is -2.39. The van der Waals surface area contributed by atoms with Crippen LogP contribution in [0.15, 0.2) is 59.8 Å². The molecule has 0 radical (unpaired) electrons. The Hall–Kier alpha value is -2.72. The van der Waals surface area contributed by atoms with E-state index in [-0.39, 0.29) is 17.4 Å². The van der Waals surface area contributed by atoms with Gasteiger partial charge in [0.05, 0.1) is 17.5 Å². The van der Waals surface area contributed by atoms with Crippen molar-refractivity contribution in [2.24, 2.45) is 0 Å². The fraction of sp³-hybridized carbons (Fsp3) is 0.300. The molecule has 0 spiro atoms. The third-order valence-corrected chi connectivity index (χ3v) is 7.00. The highest BCUT2D eigenvalue weighted by molar-refractivity contribution is 7.89. The lowest BCUT2D eigenvalue weighted by atomic mass is 9.95. The second-order valence-corrected chi connectivity index (χ2v) is 9.10. The van der Waals surface area contributed by atoms with Crippen molar-refractivity contribution in [2.45, 2.75) is 29.8 Å². The van der Waals surface area contributed by atoms with Gasteiger partial charge in [-0.3, -0.25) is 10.1 Å². The highest BCUT2D eigenvalue weighted by atomic mass is 32.2. The van der Waals surface area contributed by atoms with Gasteiger partial charge in [0.2, 0.25) is 10.0 Å². The maximum Gasteiger partial charge on any atom is 0.416 e. The average Bonchev–Trinajstić information content (AvgIpc) is 3.29. The molecule has 6 nitrogen and oxygen atoms in total. The van der Waals surface area contributed by atoms with E-state index in [1.807, 2.05) is 0 Å². The number of pyridine rings is 1. The molecule has 30 heavy (non-hydrogen) atoms. The summed E-state index contributed by atoms with van der Waals surface area (Å²) in [6.07, 6.45) is -0.413. The van der Waals surface area contributed by atoms with Crippen molar-refractivity contribution in [3.8, 4) is 11.3 Å². The average molecular weight is 436 g/mol. The van der Waals surface area contributed by atoms with Crippen molar-refractivity contribution in [1.82, 2.24) is 19.5 Å². The lowest BCUT2D eigenvalue weighted by Gasteiger charge is -2.31. The van der Waals surface area contributed by atoms with Crippen molar-refractivity contribution in [3.63, 3.8) is 0 Å². The highest BCUT2D eigenvalue weighted by Crippen LogP contribution is 2.33. The van der Waals surface area contributed by atoms with Crippen LogP contribution in [0.1, 0.15) is 30.0 Å². The number of aromatic amines is 1. The van der Waals surface area contributed by atoms with Crippen LogP contribution in [0.5, 0.6) is 0 Å². The van der Waals surface area contributed by atoms with E-state index in [4.69, 9.17) is 0 Å². The number of hydrogen-bond acceptors (Lipinski definition) is 4. The number of halogens is 3. The van der Waals surface area contributed by atoms with Gasteiger partial charge in [0.15, 0.2) is 0 Å². The summed E-state index contributed by atoms with van der Waals surface area (Å²) >= 11 is 0. The smallest absolute Gasteiger partial charge is 0.284 e. The summed E-state index contributed by atoms with van der Waals surface area (Å²) in [5.74, 6) is -0.147. The lowest BCUT2D eigenvalue weighted by molar-refractivity contribution is -0.137. The number of hydrogen-bond donors (Lipinski definition) is 1. The molecule has 158 valence electrons. The van der Waals surface area contributed by atoms with Gasteiger partial charge >= 0.3 is 6.18 Å². The molecule has 1 saturated heterocycles.